The van der Waals surface area contributed by atoms with Crippen molar-refractivity contribution in [1.29, 1.82) is 0 Å². The molecule has 1 aromatic heterocycles. The second kappa shape index (κ2) is 8.37. The highest BCUT2D eigenvalue weighted by Crippen LogP contribution is 2.25. The monoisotopic (exact) mass is 392 g/mol. The molecule has 9 heteroatoms. The Morgan fingerprint density at radius 2 is 1.88 bits per heavy atom. The SMILES string of the molecule is O=C(CSc1ncccc1Cl)N1CCN(c2ccc([N+](=O)[O-])cc2)CC1. The molecule has 0 bridgehead atoms. The summed E-state index contributed by atoms with van der Waals surface area (Å²) in [6, 6.07) is 10.00. The summed E-state index contributed by atoms with van der Waals surface area (Å²) in [6.07, 6.45) is 1.65. The van der Waals surface area contributed by atoms with Crippen LogP contribution in [0.25, 0.3) is 0 Å². The molecule has 2 heterocycles. The van der Waals surface area contributed by atoms with E-state index in [1.165, 1.54) is 23.9 Å². The minimum Gasteiger partial charge on any atom is -0.368 e. The van der Waals surface area contributed by atoms with Crippen LogP contribution in [0.2, 0.25) is 5.02 Å². The standard InChI is InChI=1S/C17H17ClN4O3S/c18-15-2-1-7-19-17(15)26-12-16(23)21-10-8-20(9-11-21)13-3-5-14(6-4-13)22(24)25/h1-7H,8-12H2. The molecule has 0 saturated carbocycles. The molecule has 7 nitrogen and oxygen atoms in total. The van der Waals surface area contributed by atoms with Crippen molar-refractivity contribution in [2.45, 2.75) is 5.03 Å². The maximum absolute atomic E-state index is 12.4. The van der Waals surface area contributed by atoms with Crippen LogP contribution in [-0.2, 0) is 4.79 Å². The molecule has 1 aromatic carbocycles. The van der Waals surface area contributed by atoms with Gasteiger partial charge in [-0.05, 0) is 24.3 Å². The molecule has 0 spiro atoms. The number of carbonyl (C=O) groups is 1. The molecule has 1 aliphatic heterocycles. The number of nitrogens with zero attached hydrogens (tertiary/aromatic N) is 4. The Morgan fingerprint density at radius 1 is 1.19 bits per heavy atom. The van der Waals surface area contributed by atoms with Gasteiger partial charge in [0.15, 0.2) is 0 Å². The van der Waals surface area contributed by atoms with Gasteiger partial charge < -0.3 is 9.80 Å². The number of benzene rings is 1. The molecular formula is C17H17ClN4O3S. The third-order valence-electron chi connectivity index (χ3n) is 4.12. The lowest BCUT2D eigenvalue weighted by Gasteiger charge is -2.36. The number of pyridine rings is 1. The van der Waals surface area contributed by atoms with Crippen molar-refractivity contribution < 1.29 is 9.72 Å². The molecule has 136 valence electrons. The van der Waals surface area contributed by atoms with Crippen LogP contribution < -0.4 is 4.90 Å². The van der Waals surface area contributed by atoms with Crippen LogP contribution in [0, 0.1) is 10.1 Å². The molecule has 1 amide bonds. The highest BCUT2D eigenvalue weighted by atomic mass is 35.5. The van der Waals surface area contributed by atoms with Crippen LogP contribution in [0.1, 0.15) is 0 Å². The van der Waals surface area contributed by atoms with Gasteiger partial charge in [0, 0.05) is 50.2 Å². The largest absolute Gasteiger partial charge is 0.368 e. The van der Waals surface area contributed by atoms with E-state index >= 15 is 0 Å². The fraction of sp³-hybridized carbons (Fsp3) is 0.294. The van der Waals surface area contributed by atoms with E-state index in [1.54, 1.807) is 30.5 Å². The van der Waals surface area contributed by atoms with E-state index in [-0.39, 0.29) is 11.6 Å². The maximum Gasteiger partial charge on any atom is 0.269 e. The number of nitro groups is 1. The summed E-state index contributed by atoms with van der Waals surface area (Å²) < 4.78 is 0. The van der Waals surface area contributed by atoms with Crippen LogP contribution in [0.15, 0.2) is 47.6 Å². The summed E-state index contributed by atoms with van der Waals surface area (Å²) in [5.41, 5.74) is 1.00. The van der Waals surface area contributed by atoms with Gasteiger partial charge in [-0.1, -0.05) is 23.4 Å². The lowest BCUT2D eigenvalue weighted by Crippen LogP contribution is -2.49. The van der Waals surface area contributed by atoms with Crippen LogP contribution in [-0.4, -0.2) is 52.6 Å². The predicted octanol–water partition coefficient (Wildman–Crippen LogP) is 3.08. The fourth-order valence-corrected chi connectivity index (χ4v) is 3.77. The van der Waals surface area contributed by atoms with E-state index in [0.29, 0.717) is 42.0 Å². The molecule has 0 atom stereocenters. The molecule has 2 aromatic rings. The number of halogens is 1. The van der Waals surface area contributed by atoms with Gasteiger partial charge in [0.05, 0.1) is 15.7 Å². The second-order valence-electron chi connectivity index (χ2n) is 5.72. The van der Waals surface area contributed by atoms with E-state index < -0.39 is 4.92 Å². The zero-order chi connectivity index (χ0) is 18.5. The number of piperazine rings is 1. The van der Waals surface area contributed by atoms with E-state index in [9.17, 15) is 14.9 Å². The number of thioether (sulfide) groups is 1. The molecule has 1 aliphatic rings. The Hall–Kier alpha value is -2.32. The van der Waals surface area contributed by atoms with Gasteiger partial charge in [0.1, 0.15) is 5.03 Å². The van der Waals surface area contributed by atoms with Gasteiger partial charge in [-0.25, -0.2) is 4.98 Å². The fourth-order valence-electron chi connectivity index (χ4n) is 2.70. The number of rotatable bonds is 5. The van der Waals surface area contributed by atoms with Gasteiger partial charge in [-0.15, -0.1) is 0 Å². The van der Waals surface area contributed by atoms with Gasteiger partial charge in [0.25, 0.3) is 5.69 Å². The van der Waals surface area contributed by atoms with Gasteiger partial charge in [0.2, 0.25) is 5.91 Å². The Morgan fingerprint density at radius 3 is 2.50 bits per heavy atom. The molecule has 0 unspecified atom stereocenters. The van der Waals surface area contributed by atoms with Crippen molar-refractivity contribution in [2.24, 2.45) is 0 Å². The molecule has 0 radical (unpaired) electrons. The highest BCUT2D eigenvalue weighted by Gasteiger charge is 2.22. The molecule has 0 aliphatic carbocycles. The summed E-state index contributed by atoms with van der Waals surface area (Å²) in [7, 11) is 0. The van der Waals surface area contributed by atoms with Crippen molar-refractivity contribution in [3.05, 3.63) is 57.7 Å². The minimum atomic E-state index is -0.411. The molecule has 1 saturated heterocycles. The quantitative estimate of drug-likeness (QED) is 0.442. The van der Waals surface area contributed by atoms with Crippen LogP contribution >= 0.6 is 23.4 Å². The van der Waals surface area contributed by atoms with Crippen molar-refractivity contribution in [3.63, 3.8) is 0 Å². The van der Waals surface area contributed by atoms with Gasteiger partial charge in [-0.3, -0.25) is 14.9 Å². The van der Waals surface area contributed by atoms with Crippen molar-refractivity contribution in [3.8, 4) is 0 Å². The topological polar surface area (TPSA) is 79.6 Å². The first-order chi connectivity index (χ1) is 12.5. The normalized spacial score (nSPS) is 14.3. The highest BCUT2D eigenvalue weighted by molar-refractivity contribution is 8.00. The Balaban J connectivity index is 1.50. The Kier molecular flexibility index (Phi) is 5.95. The molecule has 3 rings (SSSR count). The first-order valence-corrected chi connectivity index (χ1v) is 9.41. The predicted molar refractivity (Wildman–Crippen MR) is 102 cm³/mol. The number of amides is 1. The summed E-state index contributed by atoms with van der Waals surface area (Å²) in [5.74, 6) is 0.355. The third-order valence-corrected chi connectivity index (χ3v) is 5.52. The number of nitro benzene ring substituents is 1. The van der Waals surface area contributed by atoms with Gasteiger partial charge in [-0.2, -0.15) is 0 Å². The van der Waals surface area contributed by atoms with Crippen LogP contribution in [0.5, 0.6) is 0 Å². The molecule has 26 heavy (non-hydrogen) atoms. The van der Waals surface area contributed by atoms with Crippen LogP contribution in [0.3, 0.4) is 0 Å². The smallest absolute Gasteiger partial charge is 0.269 e. The first kappa shape index (κ1) is 18.5. The van der Waals surface area contributed by atoms with E-state index in [2.05, 4.69) is 9.88 Å². The number of non-ortho nitro benzene ring substituents is 1. The van der Waals surface area contributed by atoms with Crippen molar-refractivity contribution in [1.82, 2.24) is 9.88 Å². The summed E-state index contributed by atoms with van der Waals surface area (Å²) in [6.45, 7) is 2.62. The first-order valence-electron chi connectivity index (χ1n) is 8.05. The lowest BCUT2D eigenvalue weighted by atomic mass is 10.2. The zero-order valence-corrected chi connectivity index (χ0v) is 15.4. The number of hydrogen-bond acceptors (Lipinski definition) is 6. The van der Waals surface area contributed by atoms with E-state index in [4.69, 9.17) is 11.6 Å². The molecule has 0 N–H and O–H groups in total. The lowest BCUT2D eigenvalue weighted by molar-refractivity contribution is -0.384. The van der Waals surface area contributed by atoms with E-state index in [0.717, 1.165) is 5.69 Å². The summed E-state index contributed by atoms with van der Waals surface area (Å²) in [4.78, 5) is 30.8. The zero-order valence-electron chi connectivity index (χ0n) is 13.9. The average Bonchev–Trinajstić information content (AvgIpc) is 2.67. The minimum absolute atomic E-state index is 0.0556. The Labute approximate surface area is 160 Å². The molecular weight excluding hydrogens is 376 g/mol. The summed E-state index contributed by atoms with van der Waals surface area (Å²) >= 11 is 7.39. The van der Waals surface area contributed by atoms with Crippen molar-refractivity contribution >= 4 is 40.6 Å². The van der Waals surface area contributed by atoms with Crippen molar-refractivity contribution in [2.75, 3.05) is 36.8 Å². The number of anilines is 1. The number of hydrogen-bond donors (Lipinski definition) is 0. The van der Waals surface area contributed by atoms with Crippen LogP contribution in [0.4, 0.5) is 11.4 Å². The van der Waals surface area contributed by atoms with E-state index in [1.807, 2.05) is 4.90 Å². The van der Waals surface area contributed by atoms with Gasteiger partial charge >= 0.3 is 0 Å². The number of carbonyl (C=O) groups excluding carboxylic acids is 1. The second-order valence-corrected chi connectivity index (χ2v) is 7.09. The molecule has 1 fully saturated rings. The maximum atomic E-state index is 12.4. The Bertz CT molecular complexity index is 795. The summed E-state index contributed by atoms with van der Waals surface area (Å²) in [5, 5.41) is 11.9. The number of aromatic nitrogens is 1. The average molecular weight is 393 g/mol. The third kappa shape index (κ3) is 4.44.